The summed E-state index contributed by atoms with van der Waals surface area (Å²) in [4.78, 5) is 41.6. The lowest BCUT2D eigenvalue weighted by Gasteiger charge is -2.36. The molecule has 0 aliphatic carbocycles. The van der Waals surface area contributed by atoms with Crippen LogP contribution in [0.4, 0.5) is 0 Å². The smallest absolute Gasteiger partial charge is 0.317 e. The van der Waals surface area contributed by atoms with Crippen LogP contribution in [-0.4, -0.2) is 154 Å². The van der Waals surface area contributed by atoms with Gasteiger partial charge in [-0.25, -0.2) is 0 Å². The van der Waals surface area contributed by atoms with Gasteiger partial charge in [-0.05, 0) is 38.8 Å². The largest absolute Gasteiger partial charge is 0.480 e. The van der Waals surface area contributed by atoms with Gasteiger partial charge in [0.2, 0.25) is 11.8 Å². The number of aliphatic hydroxyl groups excluding tert-OH is 4. The van der Waals surface area contributed by atoms with Crippen molar-refractivity contribution in [2.75, 3.05) is 72.1 Å². The molecule has 0 heterocycles. The van der Waals surface area contributed by atoms with Crippen LogP contribution in [0, 0.1) is 0 Å². The molecule has 7 N–H and O–H groups in total. The first-order valence-electron chi connectivity index (χ1n) is 14.1. The van der Waals surface area contributed by atoms with Crippen molar-refractivity contribution in [2.24, 2.45) is 0 Å². The van der Waals surface area contributed by atoms with E-state index in [1.54, 1.807) is 14.7 Å². The zero-order valence-electron chi connectivity index (χ0n) is 24.2. The molecule has 0 bridgehead atoms. The van der Waals surface area contributed by atoms with Crippen LogP contribution in [0.3, 0.4) is 0 Å². The quantitative estimate of drug-likeness (QED) is 0.0709. The van der Waals surface area contributed by atoms with Crippen LogP contribution >= 0.6 is 0 Å². The maximum Gasteiger partial charge on any atom is 0.317 e. The van der Waals surface area contributed by atoms with Crippen molar-refractivity contribution in [2.45, 2.75) is 77.7 Å². The predicted molar refractivity (Wildman–Crippen MR) is 148 cm³/mol. The van der Waals surface area contributed by atoms with E-state index < -0.39 is 30.3 Å². The molecule has 39 heavy (non-hydrogen) atoms. The SMILES string of the molecule is CCC(O)CCNC(=O)CN(CC)C(CO)CN(CC(=O)O)CC(CO)N(CC)CC(=O)NCCC(O)CC. The van der Waals surface area contributed by atoms with Crippen LogP contribution in [0.1, 0.15) is 53.4 Å². The lowest BCUT2D eigenvalue weighted by atomic mass is 10.1. The van der Waals surface area contributed by atoms with Gasteiger partial charge in [0, 0.05) is 38.3 Å². The van der Waals surface area contributed by atoms with Crippen LogP contribution in [0.2, 0.25) is 0 Å². The fraction of sp³-hybridized carbons (Fsp3) is 0.885. The number of aliphatic hydroxyl groups is 4. The van der Waals surface area contributed by atoms with Gasteiger partial charge < -0.3 is 36.2 Å². The van der Waals surface area contributed by atoms with Crippen molar-refractivity contribution in [3.63, 3.8) is 0 Å². The number of carbonyl (C=O) groups is 3. The Kier molecular flexibility index (Phi) is 20.8. The number of nitrogens with one attached hydrogen (secondary N) is 2. The zero-order valence-corrected chi connectivity index (χ0v) is 24.2. The number of carboxylic acids is 1. The third-order valence-corrected chi connectivity index (χ3v) is 6.80. The molecule has 0 aromatic rings. The van der Waals surface area contributed by atoms with Crippen molar-refractivity contribution < 1.29 is 39.9 Å². The number of hydrogen-bond donors (Lipinski definition) is 7. The normalized spacial score (nSPS) is 14.8. The Bertz CT molecular complexity index is 639. The summed E-state index contributed by atoms with van der Waals surface area (Å²) in [5.74, 6) is -1.59. The summed E-state index contributed by atoms with van der Waals surface area (Å²) in [7, 11) is 0. The maximum atomic E-state index is 12.4. The van der Waals surface area contributed by atoms with Crippen molar-refractivity contribution in [1.82, 2.24) is 25.3 Å². The minimum absolute atomic E-state index is 0.00225. The Labute approximate surface area is 233 Å². The second-order valence-electron chi connectivity index (χ2n) is 9.79. The summed E-state index contributed by atoms with van der Waals surface area (Å²) < 4.78 is 0. The highest BCUT2D eigenvalue weighted by atomic mass is 16.4. The van der Waals surface area contributed by atoms with Gasteiger partial charge >= 0.3 is 5.97 Å². The molecule has 4 atom stereocenters. The van der Waals surface area contributed by atoms with Gasteiger partial charge in [-0.3, -0.25) is 29.1 Å². The molecule has 2 amide bonds. The molecule has 0 aromatic heterocycles. The van der Waals surface area contributed by atoms with E-state index in [0.717, 1.165) is 0 Å². The van der Waals surface area contributed by atoms with E-state index in [9.17, 15) is 39.9 Å². The van der Waals surface area contributed by atoms with Crippen molar-refractivity contribution in [1.29, 1.82) is 0 Å². The number of rotatable bonds is 24. The van der Waals surface area contributed by atoms with Gasteiger partial charge in [0.15, 0.2) is 0 Å². The van der Waals surface area contributed by atoms with E-state index in [1.165, 1.54) is 0 Å². The van der Waals surface area contributed by atoms with Crippen molar-refractivity contribution >= 4 is 17.8 Å². The van der Waals surface area contributed by atoms with Gasteiger partial charge in [-0.15, -0.1) is 0 Å². The van der Waals surface area contributed by atoms with E-state index in [4.69, 9.17) is 0 Å². The second kappa shape index (κ2) is 21.9. The number of carboxylic acid groups (broad SMARTS) is 1. The number of hydrogen-bond acceptors (Lipinski definition) is 10. The summed E-state index contributed by atoms with van der Waals surface area (Å²) in [5, 5.41) is 54.5. The molecule has 0 radical (unpaired) electrons. The summed E-state index contributed by atoms with van der Waals surface area (Å²) in [5.41, 5.74) is 0. The fourth-order valence-corrected chi connectivity index (χ4v) is 4.21. The molecular weight excluding hydrogens is 510 g/mol. The van der Waals surface area contributed by atoms with Crippen molar-refractivity contribution in [3.8, 4) is 0 Å². The molecule has 13 heteroatoms. The fourth-order valence-electron chi connectivity index (χ4n) is 4.21. The maximum absolute atomic E-state index is 12.4. The first-order valence-corrected chi connectivity index (χ1v) is 14.1. The van der Waals surface area contributed by atoms with E-state index in [1.807, 2.05) is 27.7 Å². The van der Waals surface area contributed by atoms with Gasteiger partial charge in [-0.1, -0.05) is 27.7 Å². The Morgan fingerprint density at radius 1 is 0.692 bits per heavy atom. The standard InChI is InChI=1S/C26H53N5O8/c1-5-22(34)9-11-27-24(36)15-30(7-3)20(18-32)13-29(17-26(38)39)14-21(19-33)31(8-4)16-25(37)28-12-10-23(35)6-2/h20-23,32-35H,5-19H2,1-4H3,(H,27,36)(H,28,37)(H,38,39). The van der Waals surface area contributed by atoms with E-state index in [-0.39, 0.29) is 57.8 Å². The lowest BCUT2D eigenvalue weighted by molar-refractivity contribution is -0.139. The summed E-state index contributed by atoms with van der Waals surface area (Å²) >= 11 is 0. The number of aliphatic carboxylic acids is 1. The highest BCUT2D eigenvalue weighted by Crippen LogP contribution is 2.08. The topological polar surface area (TPSA) is 186 Å². The second-order valence-corrected chi connectivity index (χ2v) is 9.79. The molecule has 0 aliphatic rings. The summed E-state index contributed by atoms with van der Waals surface area (Å²) in [6, 6.07) is -1.08. The van der Waals surface area contributed by atoms with Crippen LogP contribution in [0.25, 0.3) is 0 Å². The third kappa shape index (κ3) is 16.7. The van der Waals surface area contributed by atoms with E-state index in [0.29, 0.717) is 51.9 Å². The molecule has 0 spiro atoms. The van der Waals surface area contributed by atoms with Crippen LogP contribution in [-0.2, 0) is 14.4 Å². The number of nitrogens with zero attached hydrogens (tertiary/aromatic N) is 3. The Morgan fingerprint density at radius 3 is 1.36 bits per heavy atom. The molecule has 0 saturated carbocycles. The molecule has 13 nitrogen and oxygen atoms in total. The monoisotopic (exact) mass is 563 g/mol. The Hall–Kier alpha value is -1.87. The van der Waals surface area contributed by atoms with Gasteiger partial charge in [-0.2, -0.15) is 0 Å². The minimum Gasteiger partial charge on any atom is -0.480 e. The first-order chi connectivity index (χ1) is 18.5. The Balaban J connectivity index is 5.26. The molecular formula is C26H53N5O8. The molecule has 0 aromatic carbocycles. The third-order valence-electron chi connectivity index (χ3n) is 6.80. The molecule has 0 saturated heterocycles. The van der Waals surface area contributed by atoms with Gasteiger partial charge in [0.05, 0.1) is 45.1 Å². The molecule has 0 fully saturated rings. The predicted octanol–water partition coefficient (Wildman–Crippen LogP) is -1.71. The average Bonchev–Trinajstić information content (AvgIpc) is 2.91. The number of amides is 2. The van der Waals surface area contributed by atoms with E-state index >= 15 is 0 Å². The summed E-state index contributed by atoms with van der Waals surface area (Å²) in [6.45, 7) is 8.25. The average molecular weight is 564 g/mol. The van der Waals surface area contributed by atoms with Crippen LogP contribution in [0.5, 0.6) is 0 Å². The molecule has 4 unspecified atom stereocenters. The Morgan fingerprint density at radius 2 is 1.08 bits per heavy atom. The molecule has 0 aliphatic heterocycles. The molecule has 230 valence electrons. The minimum atomic E-state index is -1.08. The zero-order chi connectivity index (χ0) is 29.8. The highest BCUT2D eigenvalue weighted by Gasteiger charge is 2.27. The highest BCUT2D eigenvalue weighted by molar-refractivity contribution is 5.78. The van der Waals surface area contributed by atoms with Gasteiger partial charge in [0.25, 0.3) is 0 Å². The number of carbonyl (C=O) groups excluding carboxylic acids is 2. The van der Waals surface area contributed by atoms with Crippen LogP contribution < -0.4 is 10.6 Å². The number of likely N-dealkylation sites (N-methyl/N-ethyl adjacent to an activating group) is 2. The first kappa shape index (κ1) is 37.1. The lowest BCUT2D eigenvalue weighted by Crippen LogP contribution is -2.54. The summed E-state index contributed by atoms with van der Waals surface area (Å²) in [6.07, 6.45) is 1.12. The molecule has 0 rings (SSSR count). The van der Waals surface area contributed by atoms with Crippen molar-refractivity contribution in [3.05, 3.63) is 0 Å². The van der Waals surface area contributed by atoms with E-state index in [2.05, 4.69) is 10.6 Å². The van der Waals surface area contributed by atoms with Crippen LogP contribution in [0.15, 0.2) is 0 Å². The van der Waals surface area contributed by atoms with Gasteiger partial charge in [0.1, 0.15) is 0 Å².